The van der Waals surface area contributed by atoms with Gasteiger partial charge in [0, 0.05) is 38.3 Å². The van der Waals surface area contributed by atoms with Crippen molar-refractivity contribution in [3.05, 3.63) is 30.6 Å². The molecule has 2 rings (SSSR count). The number of rotatable bonds is 3. The molecule has 0 spiro atoms. The van der Waals surface area contributed by atoms with E-state index in [0.29, 0.717) is 6.42 Å². The molecule has 5 heteroatoms. The SMILES string of the molecule is O=C(CC[n+]1ccccc1)N1CCNCC1.[Br-]. The van der Waals surface area contributed by atoms with Crippen molar-refractivity contribution in [3.63, 3.8) is 0 Å². The molecule has 0 aromatic carbocycles. The van der Waals surface area contributed by atoms with E-state index in [4.69, 9.17) is 0 Å². The molecule has 1 aliphatic rings. The van der Waals surface area contributed by atoms with E-state index in [1.807, 2.05) is 40.1 Å². The van der Waals surface area contributed by atoms with Gasteiger partial charge in [0.2, 0.25) is 5.91 Å². The normalized spacial score (nSPS) is 15.2. The number of carbonyl (C=O) groups excluding carboxylic acids is 1. The summed E-state index contributed by atoms with van der Waals surface area (Å²) in [6.45, 7) is 4.30. The summed E-state index contributed by atoms with van der Waals surface area (Å²) in [5.74, 6) is 0.262. The zero-order valence-electron chi connectivity index (χ0n) is 9.81. The lowest BCUT2D eigenvalue weighted by Gasteiger charge is -2.27. The van der Waals surface area contributed by atoms with E-state index < -0.39 is 0 Å². The second-order valence-electron chi connectivity index (χ2n) is 3.99. The van der Waals surface area contributed by atoms with Gasteiger partial charge in [-0.25, -0.2) is 4.57 Å². The van der Waals surface area contributed by atoms with Crippen LogP contribution in [0.3, 0.4) is 0 Å². The minimum atomic E-state index is 0. The molecule has 94 valence electrons. The van der Waals surface area contributed by atoms with Crippen molar-refractivity contribution in [1.29, 1.82) is 0 Å². The molecule has 2 heterocycles. The standard InChI is InChI=1S/C12H18N3O.BrH/c16-12(15-10-5-13-6-11-15)4-9-14-7-2-1-3-8-14;/h1-3,7-8,13H,4-6,9-11H2;1H/q+1;/p-1. The summed E-state index contributed by atoms with van der Waals surface area (Å²) in [6.07, 6.45) is 4.57. The summed E-state index contributed by atoms with van der Waals surface area (Å²) in [7, 11) is 0. The quantitative estimate of drug-likeness (QED) is 0.597. The van der Waals surface area contributed by atoms with Crippen LogP contribution in [0.5, 0.6) is 0 Å². The number of nitrogens with one attached hydrogen (secondary N) is 1. The number of aryl methyl sites for hydroxylation is 1. The Morgan fingerprint density at radius 3 is 2.47 bits per heavy atom. The summed E-state index contributed by atoms with van der Waals surface area (Å²) in [5, 5.41) is 3.24. The van der Waals surface area contributed by atoms with E-state index >= 15 is 0 Å². The fraction of sp³-hybridized carbons (Fsp3) is 0.500. The van der Waals surface area contributed by atoms with Gasteiger partial charge in [-0.05, 0) is 0 Å². The van der Waals surface area contributed by atoms with Crippen LogP contribution in [0, 0.1) is 0 Å². The van der Waals surface area contributed by atoms with Crippen molar-refractivity contribution in [3.8, 4) is 0 Å². The van der Waals surface area contributed by atoms with E-state index in [2.05, 4.69) is 5.32 Å². The van der Waals surface area contributed by atoms with Crippen molar-refractivity contribution in [2.45, 2.75) is 13.0 Å². The maximum absolute atomic E-state index is 11.9. The van der Waals surface area contributed by atoms with Crippen LogP contribution in [-0.4, -0.2) is 37.0 Å². The maximum Gasteiger partial charge on any atom is 0.229 e. The van der Waals surface area contributed by atoms with Crippen LogP contribution < -0.4 is 26.9 Å². The molecule has 1 aliphatic heterocycles. The Balaban J connectivity index is 0.00000144. The van der Waals surface area contributed by atoms with Crippen molar-refractivity contribution in [2.75, 3.05) is 26.2 Å². The molecule has 1 saturated heterocycles. The highest BCUT2D eigenvalue weighted by Crippen LogP contribution is 1.96. The first-order valence-electron chi connectivity index (χ1n) is 5.79. The van der Waals surface area contributed by atoms with Crippen LogP contribution in [0.25, 0.3) is 0 Å². The summed E-state index contributed by atoms with van der Waals surface area (Å²) in [4.78, 5) is 13.8. The third kappa shape index (κ3) is 4.44. The summed E-state index contributed by atoms with van der Waals surface area (Å²) in [6, 6.07) is 5.94. The molecule has 0 bridgehead atoms. The second kappa shape index (κ2) is 7.40. The molecule has 0 atom stereocenters. The Labute approximate surface area is 112 Å². The van der Waals surface area contributed by atoms with Gasteiger partial charge in [0.05, 0.1) is 6.42 Å². The highest BCUT2D eigenvalue weighted by Gasteiger charge is 2.16. The first-order valence-corrected chi connectivity index (χ1v) is 5.79. The molecule has 0 aliphatic carbocycles. The summed E-state index contributed by atoms with van der Waals surface area (Å²) in [5.41, 5.74) is 0. The van der Waals surface area contributed by atoms with Gasteiger partial charge in [0.1, 0.15) is 0 Å². The smallest absolute Gasteiger partial charge is 0.229 e. The van der Waals surface area contributed by atoms with E-state index in [9.17, 15) is 4.79 Å². The van der Waals surface area contributed by atoms with Gasteiger partial charge in [-0.2, -0.15) is 0 Å². The van der Waals surface area contributed by atoms with Gasteiger partial charge in [0.25, 0.3) is 0 Å². The van der Waals surface area contributed by atoms with Crippen LogP contribution in [0.15, 0.2) is 30.6 Å². The van der Waals surface area contributed by atoms with Crippen molar-refractivity contribution in [1.82, 2.24) is 10.2 Å². The number of piperazine rings is 1. The Morgan fingerprint density at radius 1 is 1.18 bits per heavy atom. The predicted octanol–water partition coefficient (Wildman–Crippen LogP) is -3.20. The molecule has 1 N–H and O–H groups in total. The fourth-order valence-corrected chi connectivity index (χ4v) is 1.88. The Kier molecular flexibility index (Phi) is 6.15. The van der Waals surface area contributed by atoms with Gasteiger partial charge >= 0.3 is 0 Å². The highest BCUT2D eigenvalue weighted by atomic mass is 79.9. The molecular weight excluding hydrogens is 282 g/mol. The molecule has 1 aromatic heterocycles. The van der Waals surface area contributed by atoms with Crippen molar-refractivity contribution < 1.29 is 26.3 Å². The predicted molar refractivity (Wildman–Crippen MR) is 60.7 cm³/mol. The zero-order chi connectivity index (χ0) is 11.2. The van der Waals surface area contributed by atoms with Gasteiger partial charge in [-0.15, -0.1) is 0 Å². The molecule has 1 aromatic rings. The molecule has 0 unspecified atom stereocenters. The molecule has 0 radical (unpaired) electrons. The number of aromatic nitrogens is 1. The largest absolute Gasteiger partial charge is 1.00 e. The third-order valence-electron chi connectivity index (χ3n) is 2.83. The van der Waals surface area contributed by atoms with Gasteiger partial charge in [0.15, 0.2) is 18.9 Å². The lowest BCUT2D eigenvalue weighted by Crippen LogP contribution is -3.00. The summed E-state index contributed by atoms with van der Waals surface area (Å²) < 4.78 is 2.04. The first kappa shape index (κ1) is 14.1. The topological polar surface area (TPSA) is 36.2 Å². The Hall–Kier alpha value is -0.940. The van der Waals surface area contributed by atoms with Crippen LogP contribution >= 0.6 is 0 Å². The lowest BCUT2D eigenvalue weighted by atomic mass is 10.3. The van der Waals surface area contributed by atoms with Crippen LogP contribution in [-0.2, 0) is 11.3 Å². The number of nitrogens with zero attached hydrogens (tertiary/aromatic N) is 2. The van der Waals surface area contributed by atoms with Crippen molar-refractivity contribution in [2.24, 2.45) is 0 Å². The average molecular weight is 300 g/mol. The Bertz CT molecular complexity index is 339. The fourth-order valence-electron chi connectivity index (χ4n) is 1.88. The molecule has 1 fully saturated rings. The maximum atomic E-state index is 11.9. The number of carbonyl (C=O) groups is 1. The van der Waals surface area contributed by atoms with E-state index in [1.165, 1.54) is 0 Å². The average Bonchev–Trinajstić information content (AvgIpc) is 2.38. The van der Waals surface area contributed by atoms with E-state index in [-0.39, 0.29) is 22.9 Å². The molecule has 4 nitrogen and oxygen atoms in total. The van der Waals surface area contributed by atoms with Crippen LogP contribution in [0.4, 0.5) is 0 Å². The van der Waals surface area contributed by atoms with Gasteiger partial charge in [-0.1, -0.05) is 6.07 Å². The zero-order valence-corrected chi connectivity index (χ0v) is 11.4. The van der Waals surface area contributed by atoms with E-state index in [1.54, 1.807) is 0 Å². The summed E-state index contributed by atoms with van der Waals surface area (Å²) >= 11 is 0. The first-order chi connectivity index (χ1) is 7.86. The Morgan fingerprint density at radius 2 is 1.82 bits per heavy atom. The lowest BCUT2D eigenvalue weighted by molar-refractivity contribution is -0.695. The minimum Gasteiger partial charge on any atom is -1.00 e. The monoisotopic (exact) mass is 299 g/mol. The van der Waals surface area contributed by atoms with Crippen LogP contribution in [0.1, 0.15) is 6.42 Å². The second-order valence-corrected chi connectivity index (χ2v) is 3.99. The number of amides is 1. The number of hydrogen-bond acceptors (Lipinski definition) is 2. The molecule has 0 saturated carbocycles. The number of halogens is 1. The van der Waals surface area contributed by atoms with Crippen molar-refractivity contribution >= 4 is 5.91 Å². The molecule has 17 heavy (non-hydrogen) atoms. The van der Waals surface area contributed by atoms with Gasteiger partial charge in [-0.3, -0.25) is 4.79 Å². The number of hydrogen-bond donors (Lipinski definition) is 1. The van der Waals surface area contributed by atoms with Gasteiger partial charge < -0.3 is 27.2 Å². The van der Waals surface area contributed by atoms with Crippen LogP contribution in [0.2, 0.25) is 0 Å². The molecule has 1 amide bonds. The van der Waals surface area contributed by atoms with E-state index in [0.717, 1.165) is 32.7 Å². The highest BCUT2D eigenvalue weighted by molar-refractivity contribution is 5.76. The minimum absolute atomic E-state index is 0. The number of pyridine rings is 1. The third-order valence-corrected chi connectivity index (χ3v) is 2.83. The molecular formula is C12H18BrN3O.